The van der Waals surface area contributed by atoms with Crippen LogP contribution in [-0.2, 0) is 59.5 Å². The number of H-pyrrole nitrogens is 1. The first-order valence-electron chi connectivity index (χ1n) is 25.8. The van der Waals surface area contributed by atoms with Gasteiger partial charge in [0.05, 0.1) is 29.7 Å². The van der Waals surface area contributed by atoms with Gasteiger partial charge in [0.1, 0.15) is 18.8 Å². The molecule has 396 valence electrons. The highest BCUT2D eigenvalue weighted by Gasteiger charge is 2.30. The molecule has 8 rings (SSSR count). The van der Waals surface area contributed by atoms with Crippen LogP contribution in [0.2, 0.25) is 0 Å². The van der Waals surface area contributed by atoms with Gasteiger partial charge < -0.3 is 36.7 Å². The minimum Gasteiger partial charge on any atom is -0.461 e. The molecular formula is C56H64N12O8. The van der Waals surface area contributed by atoms with Crippen molar-refractivity contribution in [2.24, 2.45) is 23.5 Å². The standard InChI is InChI=1S/C56H64N12O8/c1-34(2)52(66-48(70)12-5-4-6-24-67-49(71)21-22-50(67)72)45(69)29-39(10-8-23-58-56(57)75)55(74)63-42-17-13-36(14-18-42)32-76-51(73)27-37-25-38-15-19-43(28-41(38)26-37)59-30-46-64-53(40-16-20-47-60-33-61-68(47)31-40)54(65-46)44-11-7-9-35(3)62-44/h7,9,11,13-22,28,31,33-34,37,39,52,59H,4-6,8,10,12,23-27,29-30,32H2,1-3H3,(H,63,74)(H,64,65)(H,66,70)(H3,57,58,75)/t37?,39-,52+/m1/s1. The summed E-state index contributed by atoms with van der Waals surface area (Å²) in [5.41, 5.74) is 14.6. The molecule has 1 aliphatic heterocycles. The average molecular weight is 1030 g/mol. The maximum Gasteiger partial charge on any atom is 0.312 e. The first kappa shape index (κ1) is 53.7. The molecule has 2 aromatic carbocycles. The fourth-order valence-corrected chi connectivity index (χ4v) is 9.58. The van der Waals surface area contributed by atoms with Crippen LogP contribution in [0.5, 0.6) is 0 Å². The van der Waals surface area contributed by atoms with Gasteiger partial charge in [0.25, 0.3) is 11.8 Å². The Balaban J connectivity index is 0.791. The molecule has 0 saturated carbocycles. The summed E-state index contributed by atoms with van der Waals surface area (Å²) in [5, 5.41) is 16.1. The van der Waals surface area contributed by atoms with E-state index in [-0.39, 0.29) is 86.7 Å². The van der Waals surface area contributed by atoms with Gasteiger partial charge >= 0.3 is 12.0 Å². The molecule has 5 heterocycles. The quantitative estimate of drug-likeness (QED) is 0.0192. The number of ketones is 1. The van der Waals surface area contributed by atoms with Crippen LogP contribution in [0.3, 0.4) is 0 Å². The zero-order valence-electron chi connectivity index (χ0n) is 43.0. The Morgan fingerprint density at radius 3 is 2.42 bits per heavy atom. The van der Waals surface area contributed by atoms with E-state index in [9.17, 15) is 33.6 Å². The summed E-state index contributed by atoms with van der Waals surface area (Å²) in [6.07, 6.45) is 9.96. The van der Waals surface area contributed by atoms with Gasteiger partial charge in [0.15, 0.2) is 11.4 Å². The molecule has 7 N–H and O–H groups in total. The first-order valence-corrected chi connectivity index (χ1v) is 25.8. The molecule has 20 nitrogen and oxygen atoms in total. The maximum atomic E-state index is 13.7. The minimum absolute atomic E-state index is 0.0522. The van der Waals surface area contributed by atoms with Crippen molar-refractivity contribution in [3.63, 3.8) is 0 Å². The van der Waals surface area contributed by atoms with Crippen LogP contribution in [0.1, 0.15) is 93.4 Å². The van der Waals surface area contributed by atoms with Crippen LogP contribution < -0.4 is 27.0 Å². The number of unbranched alkanes of at least 4 members (excludes halogenated alkanes) is 2. The molecule has 76 heavy (non-hydrogen) atoms. The van der Waals surface area contributed by atoms with Gasteiger partial charge in [-0.25, -0.2) is 19.3 Å². The van der Waals surface area contributed by atoms with Crippen LogP contribution in [0, 0.1) is 24.7 Å². The molecule has 6 aromatic rings. The number of hydrogen-bond acceptors (Lipinski definition) is 13. The summed E-state index contributed by atoms with van der Waals surface area (Å²) < 4.78 is 7.43. The number of nitrogens with two attached hydrogens (primary N) is 1. The monoisotopic (exact) mass is 1030 g/mol. The Morgan fingerprint density at radius 1 is 0.882 bits per heavy atom. The number of amides is 6. The van der Waals surface area contributed by atoms with Crippen molar-refractivity contribution < 1.29 is 38.3 Å². The number of carbonyl (C=O) groups is 7. The number of ether oxygens (including phenoxy) is 1. The molecule has 1 aliphatic carbocycles. The predicted octanol–water partition coefficient (Wildman–Crippen LogP) is 6.54. The number of carbonyl (C=O) groups excluding carboxylic acids is 7. The third kappa shape index (κ3) is 14.4. The Hall–Kier alpha value is -8.55. The van der Waals surface area contributed by atoms with E-state index in [2.05, 4.69) is 48.5 Å². The van der Waals surface area contributed by atoms with Gasteiger partial charge in [-0.2, -0.15) is 5.10 Å². The van der Waals surface area contributed by atoms with Gasteiger partial charge in [-0.3, -0.25) is 38.7 Å². The lowest BCUT2D eigenvalue weighted by Gasteiger charge is -2.24. The van der Waals surface area contributed by atoms with E-state index in [0.29, 0.717) is 37.9 Å². The smallest absolute Gasteiger partial charge is 0.312 e. The van der Waals surface area contributed by atoms with Crippen LogP contribution >= 0.6 is 0 Å². The van der Waals surface area contributed by atoms with Crippen LogP contribution in [-0.4, -0.2) is 95.0 Å². The van der Waals surface area contributed by atoms with E-state index in [1.54, 1.807) is 28.8 Å². The van der Waals surface area contributed by atoms with Crippen LogP contribution in [0.25, 0.3) is 28.3 Å². The number of hydrogen-bond donors (Lipinski definition) is 6. The Morgan fingerprint density at radius 2 is 1.66 bits per heavy atom. The number of Topliss-reactive ketones (excluding diaryl/α,β-unsaturated/α-hetero) is 1. The zero-order valence-corrected chi connectivity index (χ0v) is 43.0. The van der Waals surface area contributed by atoms with Crippen molar-refractivity contribution >= 4 is 58.4 Å². The van der Waals surface area contributed by atoms with E-state index in [4.69, 9.17) is 20.4 Å². The molecule has 1 unspecified atom stereocenters. The third-order valence-electron chi connectivity index (χ3n) is 13.6. The SMILES string of the molecule is Cc1cccc(-c2[nH]c(CNc3ccc4c(c3)CC(CC(=O)OCc3ccc(NC(=O)[C@H](CCCNC(N)=O)CC(=O)[C@@H](NC(=O)CCCCCN5C(=O)C=CC5=O)C(C)C)cc3)C4)nc2-c2ccc3ncnn3c2)n1. The molecule has 0 saturated heterocycles. The second kappa shape index (κ2) is 25.1. The highest BCUT2D eigenvalue weighted by atomic mass is 16.5. The number of benzene rings is 2. The summed E-state index contributed by atoms with van der Waals surface area (Å²) in [6, 6.07) is 21.5. The maximum absolute atomic E-state index is 13.7. The fourth-order valence-electron chi connectivity index (χ4n) is 9.58. The third-order valence-corrected chi connectivity index (χ3v) is 13.6. The van der Waals surface area contributed by atoms with Crippen molar-refractivity contribution in [1.29, 1.82) is 0 Å². The van der Waals surface area contributed by atoms with E-state index in [0.717, 1.165) is 68.8 Å². The summed E-state index contributed by atoms with van der Waals surface area (Å²) in [7, 11) is 0. The molecule has 0 spiro atoms. The zero-order chi connectivity index (χ0) is 53.7. The number of imidazole rings is 1. The van der Waals surface area contributed by atoms with Crippen molar-refractivity contribution in [3.05, 3.63) is 126 Å². The Labute approximate surface area is 440 Å². The number of fused-ring (bicyclic) bond motifs is 2. The van der Waals surface area contributed by atoms with Gasteiger partial charge in [-0.05, 0) is 123 Å². The molecule has 3 atom stereocenters. The molecule has 2 aliphatic rings. The number of aryl methyl sites for hydroxylation is 1. The normalized spacial score (nSPS) is 14.7. The lowest BCUT2D eigenvalue weighted by molar-refractivity contribution is -0.146. The van der Waals surface area contributed by atoms with Gasteiger partial charge in [-0.1, -0.05) is 44.5 Å². The number of aromatic amines is 1. The number of primary amides is 1. The highest BCUT2D eigenvalue weighted by Crippen LogP contribution is 2.33. The molecule has 0 bridgehead atoms. The van der Waals surface area contributed by atoms with E-state index in [1.165, 1.54) is 29.6 Å². The number of imide groups is 1. The second-order valence-corrected chi connectivity index (χ2v) is 19.8. The Bertz CT molecular complexity index is 3110. The summed E-state index contributed by atoms with van der Waals surface area (Å²) in [4.78, 5) is 107. The van der Waals surface area contributed by atoms with Crippen molar-refractivity contribution in [3.8, 4) is 22.6 Å². The molecular weight excluding hydrogens is 969 g/mol. The lowest BCUT2D eigenvalue weighted by atomic mass is 9.89. The summed E-state index contributed by atoms with van der Waals surface area (Å²) in [5.74, 6) is -2.21. The number of esters is 1. The number of nitrogens with one attached hydrogen (secondary N) is 5. The van der Waals surface area contributed by atoms with Gasteiger partial charge in [0.2, 0.25) is 11.8 Å². The Kier molecular flexibility index (Phi) is 17.8. The second-order valence-electron chi connectivity index (χ2n) is 19.8. The van der Waals surface area contributed by atoms with Crippen LogP contribution in [0.15, 0.2) is 97.5 Å². The molecule has 0 radical (unpaired) electrons. The molecule has 20 heteroatoms. The molecule has 4 aromatic heterocycles. The number of nitrogens with zero attached hydrogens (tertiary/aromatic N) is 6. The fraction of sp³-hybridized carbons (Fsp3) is 0.375. The predicted molar refractivity (Wildman–Crippen MR) is 284 cm³/mol. The summed E-state index contributed by atoms with van der Waals surface area (Å²) >= 11 is 0. The first-order chi connectivity index (χ1) is 36.6. The van der Waals surface area contributed by atoms with Crippen molar-refractivity contribution in [2.45, 2.75) is 104 Å². The molecule has 6 amide bonds. The van der Waals surface area contributed by atoms with Gasteiger partial charge in [-0.15, -0.1) is 0 Å². The number of urea groups is 1. The largest absolute Gasteiger partial charge is 0.461 e. The number of anilines is 2. The number of aromatic nitrogens is 6. The van der Waals surface area contributed by atoms with Crippen molar-refractivity contribution in [2.75, 3.05) is 23.7 Å². The topological polar surface area (TPSA) is 278 Å². The van der Waals surface area contributed by atoms with E-state index in [1.807, 2.05) is 63.4 Å². The van der Waals surface area contributed by atoms with E-state index >= 15 is 0 Å². The number of pyridine rings is 2. The summed E-state index contributed by atoms with van der Waals surface area (Å²) in [6.45, 7) is 6.56. The van der Waals surface area contributed by atoms with Gasteiger partial charge in [0, 0.05) is 79.3 Å². The lowest BCUT2D eigenvalue weighted by Crippen LogP contribution is -2.45. The average Bonchev–Trinajstić information content (AvgIpc) is 4.21. The number of rotatable bonds is 26. The van der Waals surface area contributed by atoms with Crippen LogP contribution in [0.4, 0.5) is 16.2 Å². The van der Waals surface area contributed by atoms with E-state index < -0.39 is 23.9 Å². The molecule has 0 fully saturated rings. The highest BCUT2D eigenvalue weighted by molar-refractivity contribution is 6.12. The minimum atomic E-state index is -0.833. The van der Waals surface area contributed by atoms with Crippen molar-refractivity contribution in [1.82, 2.24) is 45.1 Å².